The van der Waals surface area contributed by atoms with Crippen LogP contribution in [0.15, 0.2) is 36.8 Å². The SMILES string of the molecule is COc1cc(OC)c(Nc2ncnc(Nc3ncccc3C)c2N)cc1Cl. The van der Waals surface area contributed by atoms with Crippen LogP contribution in [-0.4, -0.2) is 29.2 Å². The van der Waals surface area contributed by atoms with E-state index in [0.717, 1.165) is 5.56 Å². The van der Waals surface area contributed by atoms with E-state index >= 15 is 0 Å². The van der Waals surface area contributed by atoms with Gasteiger partial charge in [-0.1, -0.05) is 17.7 Å². The minimum Gasteiger partial charge on any atom is -0.495 e. The van der Waals surface area contributed by atoms with Crippen molar-refractivity contribution in [3.05, 3.63) is 47.4 Å². The molecule has 3 rings (SSSR count). The van der Waals surface area contributed by atoms with Gasteiger partial charge in [-0.05, 0) is 24.6 Å². The van der Waals surface area contributed by atoms with Crippen LogP contribution in [0.5, 0.6) is 11.5 Å². The molecular formula is C18H19ClN6O2. The van der Waals surface area contributed by atoms with Gasteiger partial charge in [-0.2, -0.15) is 0 Å². The molecule has 0 saturated heterocycles. The Morgan fingerprint density at radius 3 is 2.33 bits per heavy atom. The van der Waals surface area contributed by atoms with Gasteiger partial charge < -0.3 is 25.8 Å². The minimum atomic E-state index is 0.330. The highest BCUT2D eigenvalue weighted by Gasteiger charge is 2.14. The first-order valence-corrected chi connectivity index (χ1v) is 8.39. The molecule has 0 unspecified atom stereocenters. The Balaban J connectivity index is 1.93. The Morgan fingerprint density at radius 1 is 0.963 bits per heavy atom. The number of nitrogens with two attached hydrogens (primary N) is 1. The number of nitrogens with one attached hydrogen (secondary N) is 2. The van der Waals surface area contributed by atoms with Gasteiger partial charge >= 0.3 is 0 Å². The van der Waals surface area contributed by atoms with E-state index < -0.39 is 0 Å². The molecule has 0 saturated carbocycles. The molecule has 0 spiro atoms. The molecule has 3 aromatic rings. The third-order valence-electron chi connectivity index (χ3n) is 3.86. The van der Waals surface area contributed by atoms with Crippen molar-refractivity contribution < 1.29 is 9.47 Å². The van der Waals surface area contributed by atoms with E-state index in [9.17, 15) is 0 Å². The van der Waals surface area contributed by atoms with Crippen molar-refractivity contribution in [3.8, 4) is 11.5 Å². The Morgan fingerprint density at radius 2 is 1.67 bits per heavy atom. The van der Waals surface area contributed by atoms with Crippen molar-refractivity contribution in [1.29, 1.82) is 0 Å². The van der Waals surface area contributed by atoms with Crippen molar-refractivity contribution in [2.45, 2.75) is 6.92 Å². The molecule has 0 fully saturated rings. The number of rotatable bonds is 6. The van der Waals surface area contributed by atoms with Crippen LogP contribution in [0.25, 0.3) is 0 Å². The van der Waals surface area contributed by atoms with Crippen molar-refractivity contribution in [1.82, 2.24) is 15.0 Å². The average molecular weight is 387 g/mol. The number of anilines is 5. The largest absolute Gasteiger partial charge is 0.495 e. The van der Waals surface area contributed by atoms with Crippen LogP contribution < -0.4 is 25.8 Å². The number of pyridine rings is 1. The first-order chi connectivity index (χ1) is 13.0. The maximum absolute atomic E-state index is 6.24. The number of benzene rings is 1. The zero-order valence-corrected chi connectivity index (χ0v) is 15.8. The molecule has 0 bridgehead atoms. The number of aryl methyl sites for hydroxylation is 1. The molecule has 0 amide bonds. The van der Waals surface area contributed by atoms with Crippen LogP contribution in [0.3, 0.4) is 0 Å². The highest BCUT2D eigenvalue weighted by atomic mass is 35.5. The molecule has 0 aliphatic rings. The molecule has 0 aliphatic heterocycles. The molecule has 0 radical (unpaired) electrons. The van der Waals surface area contributed by atoms with Crippen LogP contribution in [0.2, 0.25) is 5.02 Å². The van der Waals surface area contributed by atoms with Gasteiger partial charge in [0.15, 0.2) is 11.6 Å². The summed E-state index contributed by atoms with van der Waals surface area (Å²) in [4.78, 5) is 12.7. The van der Waals surface area contributed by atoms with Crippen LogP contribution in [0, 0.1) is 6.92 Å². The number of aromatic nitrogens is 3. The summed E-state index contributed by atoms with van der Waals surface area (Å²) in [6.07, 6.45) is 3.09. The van der Waals surface area contributed by atoms with E-state index in [4.69, 9.17) is 26.8 Å². The molecule has 9 heteroatoms. The first kappa shape index (κ1) is 18.5. The number of nitrogens with zero attached hydrogens (tertiary/aromatic N) is 3. The fourth-order valence-electron chi connectivity index (χ4n) is 2.41. The monoisotopic (exact) mass is 386 g/mol. The van der Waals surface area contributed by atoms with E-state index in [1.807, 2.05) is 19.1 Å². The molecular weight excluding hydrogens is 368 g/mol. The Kier molecular flexibility index (Phi) is 5.46. The maximum atomic E-state index is 6.24. The lowest BCUT2D eigenvalue weighted by Crippen LogP contribution is -2.07. The number of halogens is 1. The topological polar surface area (TPSA) is 107 Å². The second kappa shape index (κ2) is 7.96. The number of nitrogen functional groups attached to an aromatic ring is 1. The summed E-state index contributed by atoms with van der Waals surface area (Å²) in [5, 5.41) is 6.67. The molecule has 27 heavy (non-hydrogen) atoms. The summed E-state index contributed by atoms with van der Waals surface area (Å²) in [7, 11) is 3.09. The van der Waals surface area contributed by atoms with Gasteiger partial charge in [-0.25, -0.2) is 15.0 Å². The smallest absolute Gasteiger partial charge is 0.160 e. The summed E-state index contributed by atoms with van der Waals surface area (Å²) >= 11 is 6.22. The van der Waals surface area contributed by atoms with E-state index in [2.05, 4.69) is 25.6 Å². The highest BCUT2D eigenvalue weighted by molar-refractivity contribution is 6.32. The van der Waals surface area contributed by atoms with Crippen LogP contribution >= 0.6 is 11.6 Å². The standard InChI is InChI=1S/C18H19ClN6O2/c1-10-5-4-6-21-16(10)25-18-15(20)17(22-9-23-18)24-12-7-11(19)13(26-2)8-14(12)27-3/h4-9H,20H2,1-3H3,(H2,21,22,23,24,25). The van der Waals surface area contributed by atoms with Crippen molar-refractivity contribution in [2.24, 2.45) is 0 Å². The first-order valence-electron chi connectivity index (χ1n) is 8.01. The average Bonchev–Trinajstić information content (AvgIpc) is 2.67. The van der Waals surface area contributed by atoms with Gasteiger partial charge in [0.1, 0.15) is 29.3 Å². The summed E-state index contributed by atoms with van der Waals surface area (Å²) in [5.41, 5.74) is 8.13. The minimum absolute atomic E-state index is 0.330. The van der Waals surface area contributed by atoms with Crippen molar-refractivity contribution in [2.75, 3.05) is 30.6 Å². The Hall–Kier alpha value is -3.26. The van der Waals surface area contributed by atoms with Crippen LogP contribution in [0.4, 0.5) is 28.8 Å². The van der Waals surface area contributed by atoms with Gasteiger partial charge in [0, 0.05) is 12.3 Å². The second-order valence-corrected chi connectivity index (χ2v) is 6.00. The maximum Gasteiger partial charge on any atom is 0.160 e. The number of ether oxygens (including phenoxy) is 2. The van der Waals surface area contributed by atoms with E-state index in [-0.39, 0.29) is 0 Å². The summed E-state index contributed by atoms with van der Waals surface area (Å²) in [6.45, 7) is 1.94. The fourth-order valence-corrected chi connectivity index (χ4v) is 2.65. The molecule has 140 valence electrons. The molecule has 0 atom stereocenters. The summed E-state index contributed by atoms with van der Waals surface area (Å²) in [6, 6.07) is 7.15. The van der Waals surface area contributed by atoms with Crippen LogP contribution in [-0.2, 0) is 0 Å². The van der Waals surface area contributed by atoms with Crippen molar-refractivity contribution >= 4 is 40.4 Å². The molecule has 1 aromatic carbocycles. The van der Waals surface area contributed by atoms with Gasteiger partial charge in [-0.3, -0.25) is 0 Å². The summed E-state index contributed by atoms with van der Waals surface area (Å²) < 4.78 is 10.6. The van der Waals surface area contributed by atoms with Gasteiger partial charge in [0.05, 0.1) is 24.9 Å². The van der Waals surface area contributed by atoms with E-state index in [1.165, 1.54) is 13.4 Å². The predicted octanol–water partition coefficient (Wildman–Crippen LogP) is 3.92. The lowest BCUT2D eigenvalue weighted by Gasteiger charge is -2.16. The molecule has 2 heterocycles. The zero-order valence-electron chi connectivity index (χ0n) is 15.1. The van der Waals surface area contributed by atoms with E-state index in [0.29, 0.717) is 45.4 Å². The van der Waals surface area contributed by atoms with Gasteiger partial charge in [0.25, 0.3) is 0 Å². The lowest BCUT2D eigenvalue weighted by atomic mass is 10.2. The zero-order chi connectivity index (χ0) is 19.4. The number of hydrogen-bond donors (Lipinski definition) is 3. The number of methoxy groups -OCH3 is 2. The van der Waals surface area contributed by atoms with E-state index in [1.54, 1.807) is 25.4 Å². The van der Waals surface area contributed by atoms with Crippen LogP contribution in [0.1, 0.15) is 5.56 Å². The normalized spacial score (nSPS) is 10.4. The molecule has 4 N–H and O–H groups in total. The molecule has 0 aliphatic carbocycles. The lowest BCUT2D eigenvalue weighted by molar-refractivity contribution is 0.396. The fraction of sp³-hybridized carbons (Fsp3) is 0.167. The third-order valence-corrected chi connectivity index (χ3v) is 4.15. The molecule has 2 aromatic heterocycles. The highest BCUT2D eigenvalue weighted by Crippen LogP contribution is 2.38. The molecule has 8 nitrogen and oxygen atoms in total. The predicted molar refractivity (Wildman–Crippen MR) is 107 cm³/mol. The Labute approximate surface area is 161 Å². The van der Waals surface area contributed by atoms with Crippen molar-refractivity contribution in [3.63, 3.8) is 0 Å². The Bertz CT molecular complexity index is 967. The second-order valence-electron chi connectivity index (χ2n) is 5.59. The third kappa shape index (κ3) is 3.95. The quantitative estimate of drug-likeness (QED) is 0.585. The summed E-state index contributed by atoms with van der Waals surface area (Å²) in [5.74, 6) is 2.54. The number of hydrogen-bond acceptors (Lipinski definition) is 8. The van der Waals surface area contributed by atoms with Gasteiger partial charge in [0.2, 0.25) is 0 Å². The van der Waals surface area contributed by atoms with Gasteiger partial charge in [-0.15, -0.1) is 0 Å².